The number of halogens is 1. The van der Waals surface area contributed by atoms with Crippen LogP contribution in [0.15, 0.2) is 47.4 Å². The number of para-hydroxylation sites is 1. The summed E-state index contributed by atoms with van der Waals surface area (Å²) in [5, 5.41) is 0.342. The van der Waals surface area contributed by atoms with Gasteiger partial charge in [0.15, 0.2) is 0 Å². The number of nitrogens with two attached hydrogens (primary N) is 1. The Hall–Kier alpha value is -1.72. The van der Waals surface area contributed by atoms with Gasteiger partial charge in [0, 0.05) is 5.69 Å². The van der Waals surface area contributed by atoms with E-state index in [0.29, 0.717) is 16.4 Å². The zero-order valence-corrected chi connectivity index (χ0v) is 12.5. The molecule has 6 heteroatoms. The van der Waals surface area contributed by atoms with Crippen molar-refractivity contribution < 1.29 is 8.42 Å². The van der Waals surface area contributed by atoms with Crippen molar-refractivity contribution in [1.82, 2.24) is 0 Å². The minimum absolute atomic E-state index is 0.118. The van der Waals surface area contributed by atoms with Gasteiger partial charge in [-0.1, -0.05) is 36.7 Å². The highest BCUT2D eigenvalue weighted by Crippen LogP contribution is 2.25. The third-order valence-corrected chi connectivity index (χ3v) is 4.62. The quantitative estimate of drug-likeness (QED) is 0.851. The average Bonchev–Trinajstić information content (AvgIpc) is 2.41. The van der Waals surface area contributed by atoms with E-state index in [4.69, 9.17) is 17.3 Å². The van der Waals surface area contributed by atoms with Gasteiger partial charge in [-0.05, 0) is 36.2 Å². The van der Waals surface area contributed by atoms with Crippen molar-refractivity contribution in [2.75, 3.05) is 10.5 Å². The fourth-order valence-corrected chi connectivity index (χ4v) is 3.16. The first-order valence-electron chi connectivity index (χ1n) is 6.10. The number of benzene rings is 2. The highest BCUT2D eigenvalue weighted by atomic mass is 35.5. The lowest BCUT2D eigenvalue weighted by molar-refractivity contribution is 0.601. The molecule has 0 saturated heterocycles. The molecular formula is C14H15ClN2O2S. The first kappa shape index (κ1) is 14.7. The van der Waals surface area contributed by atoms with Crippen LogP contribution in [-0.2, 0) is 16.4 Å². The van der Waals surface area contributed by atoms with Crippen molar-refractivity contribution in [2.45, 2.75) is 18.2 Å². The van der Waals surface area contributed by atoms with Crippen molar-refractivity contribution in [1.29, 1.82) is 0 Å². The number of hydrogen-bond donors (Lipinski definition) is 2. The summed E-state index contributed by atoms with van der Waals surface area (Å²) in [6.07, 6.45) is 0.754. The molecule has 0 aliphatic heterocycles. The fraction of sp³-hybridized carbons (Fsp3) is 0.143. The Labute approximate surface area is 123 Å². The molecule has 0 heterocycles. The molecule has 0 aliphatic rings. The maximum absolute atomic E-state index is 12.3. The van der Waals surface area contributed by atoms with Crippen LogP contribution in [-0.4, -0.2) is 8.42 Å². The van der Waals surface area contributed by atoms with Gasteiger partial charge in [-0.3, -0.25) is 4.72 Å². The third-order valence-electron chi connectivity index (χ3n) is 2.93. The van der Waals surface area contributed by atoms with Crippen LogP contribution in [0.25, 0.3) is 0 Å². The molecule has 0 aromatic heterocycles. The van der Waals surface area contributed by atoms with Crippen LogP contribution in [0.1, 0.15) is 12.5 Å². The van der Waals surface area contributed by atoms with E-state index in [1.165, 1.54) is 12.1 Å². The molecule has 0 saturated carbocycles. The van der Waals surface area contributed by atoms with Gasteiger partial charge in [-0.25, -0.2) is 8.42 Å². The molecular weight excluding hydrogens is 296 g/mol. The maximum atomic E-state index is 12.3. The van der Waals surface area contributed by atoms with Gasteiger partial charge < -0.3 is 5.73 Å². The Kier molecular flexibility index (Phi) is 4.20. The summed E-state index contributed by atoms with van der Waals surface area (Å²) >= 11 is 5.95. The normalized spacial score (nSPS) is 11.3. The second kappa shape index (κ2) is 5.73. The molecule has 2 aromatic rings. The van der Waals surface area contributed by atoms with Gasteiger partial charge in [-0.2, -0.15) is 0 Å². The van der Waals surface area contributed by atoms with Crippen LogP contribution in [0.4, 0.5) is 11.4 Å². The summed E-state index contributed by atoms with van der Waals surface area (Å²) in [6.45, 7) is 1.96. The second-order valence-corrected chi connectivity index (χ2v) is 6.39. The van der Waals surface area contributed by atoms with E-state index in [9.17, 15) is 8.42 Å². The highest BCUT2D eigenvalue weighted by molar-refractivity contribution is 7.92. The number of nitrogen functional groups attached to an aromatic ring is 1. The standard InChI is InChI=1S/C14H15ClN2O2S/c1-2-10-7-8-11(9-13(10)16)20(18,19)17-14-6-4-3-5-12(14)15/h3-9,17H,2,16H2,1H3. The molecule has 0 aliphatic carbocycles. The largest absolute Gasteiger partial charge is 0.398 e. The Bertz CT molecular complexity index is 730. The number of hydrogen-bond acceptors (Lipinski definition) is 3. The van der Waals surface area contributed by atoms with E-state index in [2.05, 4.69) is 4.72 Å². The van der Waals surface area contributed by atoms with E-state index in [-0.39, 0.29) is 4.90 Å². The summed E-state index contributed by atoms with van der Waals surface area (Å²) in [6, 6.07) is 11.4. The first-order valence-corrected chi connectivity index (χ1v) is 7.96. The van der Waals surface area contributed by atoms with Crippen LogP contribution in [0.5, 0.6) is 0 Å². The molecule has 0 atom stereocenters. The van der Waals surface area contributed by atoms with E-state index in [1.54, 1.807) is 30.3 Å². The molecule has 0 amide bonds. The average molecular weight is 311 g/mol. The minimum atomic E-state index is -3.70. The molecule has 0 unspecified atom stereocenters. The van der Waals surface area contributed by atoms with Crippen molar-refractivity contribution in [3.63, 3.8) is 0 Å². The monoisotopic (exact) mass is 310 g/mol. The van der Waals surface area contributed by atoms with E-state index in [1.807, 2.05) is 6.92 Å². The second-order valence-electron chi connectivity index (χ2n) is 4.30. The maximum Gasteiger partial charge on any atom is 0.262 e. The van der Waals surface area contributed by atoms with Crippen molar-refractivity contribution in [3.8, 4) is 0 Å². The molecule has 0 bridgehead atoms. The summed E-state index contributed by atoms with van der Waals surface area (Å²) in [4.78, 5) is 0.118. The molecule has 4 nitrogen and oxygen atoms in total. The zero-order chi connectivity index (χ0) is 14.8. The van der Waals surface area contributed by atoms with Gasteiger partial charge in [-0.15, -0.1) is 0 Å². The highest BCUT2D eigenvalue weighted by Gasteiger charge is 2.16. The predicted octanol–water partition coefficient (Wildman–Crippen LogP) is 3.29. The van der Waals surface area contributed by atoms with E-state index >= 15 is 0 Å². The summed E-state index contributed by atoms with van der Waals surface area (Å²) in [5.41, 5.74) is 7.56. The smallest absolute Gasteiger partial charge is 0.262 e. The van der Waals surface area contributed by atoms with E-state index < -0.39 is 10.0 Å². The summed E-state index contributed by atoms with van der Waals surface area (Å²) in [5.74, 6) is 0. The van der Waals surface area contributed by atoms with Crippen LogP contribution >= 0.6 is 11.6 Å². The Morgan fingerprint density at radius 3 is 2.50 bits per heavy atom. The lowest BCUT2D eigenvalue weighted by Gasteiger charge is -2.11. The molecule has 0 spiro atoms. The lowest BCUT2D eigenvalue weighted by Crippen LogP contribution is -2.13. The number of nitrogens with one attached hydrogen (secondary N) is 1. The predicted molar refractivity (Wildman–Crippen MR) is 82.5 cm³/mol. The SMILES string of the molecule is CCc1ccc(S(=O)(=O)Nc2ccccc2Cl)cc1N. The zero-order valence-electron chi connectivity index (χ0n) is 10.9. The molecule has 2 aromatic carbocycles. The molecule has 0 radical (unpaired) electrons. The van der Waals surface area contributed by atoms with Crippen molar-refractivity contribution in [2.24, 2.45) is 0 Å². The van der Waals surface area contributed by atoms with Gasteiger partial charge in [0.1, 0.15) is 0 Å². The number of rotatable bonds is 4. The Morgan fingerprint density at radius 1 is 1.20 bits per heavy atom. The number of anilines is 2. The summed E-state index contributed by atoms with van der Waals surface area (Å²) in [7, 11) is -3.70. The van der Waals surface area contributed by atoms with Gasteiger partial charge in [0.25, 0.3) is 10.0 Å². The van der Waals surface area contributed by atoms with Crippen LogP contribution < -0.4 is 10.5 Å². The Morgan fingerprint density at radius 2 is 1.90 bits per heavy atom. The molecule has 20 heavy (non-hydrogen) atoms. The topological polar surface area (TPSA) is 72.2 Å². The number of aryl methyl sites for hydroxylation is 1. The molecule has 3 N–H and O–H groups in total. The first-order chi connectivity index (χ1) is 9.44. The van der Waals surface area contributed by atoms with Crippen molar-refractivity contribution in [3.05, 3.63) is 53.1 Å². The van der Waals surface area contributed by atoms with E-state index in [0.717, 1.165) is 12.0 Å². The van der Waals surface area contributed by atoms with Gasteiger partial charge in [0.05, 0.1) is 15.6 Å². The molecule has 0 fully saturated rings. The minimum Gasteiger partial charge on any atom is -0.398 e. The molecule has 106 valence electrons. The third kappa shape index (κ3) is 3.05. The van der Waals surface area contributed by atoms with Gasteiger partial charge in [0.2, 0.25) is 0 Å². The van der Waals surface area contributed by atoms with Crippen LogP contribution in [0.3, 0.4) is 0 Å². The van der Waals surface area contributed by atoms with Crippen LogP contribution in [0.2, 0.25) is 5.02 Å². The van der Waals surface area contributed by atoms with Crippen molar-refractivity contribution >= 4 is 33.0 Å². The lowest BCUT2D eigenvalue weighted by atomic mass is 10.1. The number of sulfonamides is 1. The Balaban J connectivity index is 2.36. The fourth-order valence-electron chi connectivity index (χ4n) is 1.81. The molecule has 2 rings (SSSR count). The van der Waals surface area contributed by atoms with Crippen LogP contribution in [0, 0.1) is 0 Å². The summed E-state index contributed by atoms with van der Waals surface area (Å²) < 4.78 is 27.0. The van der Waals surface area contributed by atoms with Gasteiger partial charge >= 0.3 is 0 Å².